The summed E-state index contributed by atoms with van der Waals surface area (Å²) in [6.07, 6.45) is 2.02. The van der Waals surface area contributed by atoms with Crippen molar-refractivity contribution in [1.29, 1.82) is 10.5 Å². The predicted octanol–water partition coefficient (Wildman–Crippen LogP) is 3.07. The molecule has 1 aliphatic heterocycles. The van der Waals surface area contributed by atoms with Gasteiger partial charge in [0, 0.05) is 24.0 Å². The average molecular weight is 300 g/mol. The van der Waals surface area contributed by atoms with Gasteiger partial charge in [0.1, 0.15) is 6.07 Å². The molecule has 0 aliphatic carbocycles. The molecule has 1 fully saturated rings. The number of hydrogen-bond donors (Lipinski definition) is 1. The van der Waals surface area contributed by atoms with Gasteiger partial charge in [-0.1, -0.05) is 13.0 Å². The predicted molar refractivity (Wildman–Crippen MR) is 86.3 cm³/mol. The van der Waals surface area contributed by atoms with Gasteiger partial charge in [-0.25, -0.2) is 0 Å². The molecular formula is C16H20N4S. The smallest absolute Gasteiger partial charge is 0.102 e. The Balaban J connectivity index is 2.02. The van der Waals surface area contributed by atoms with E-state index in [1.54, 1.807) is 11.8 Å². The molecule has 0 saturated carbocycles. The molecule has 0 aromatic heterocycles. The molecule has 1 N–H and O–H groups in total. The van der Waals surface area contributed by atoms with Crippen molar-refractivity contribution < 1.29 is 0 Å². The minimum absolute atomic E-state index is 0.383. The van der Waals surface area contributed by atoms with E-state index in [-0.39, 0.29) is 0 Å². The van der Waals surface area contributed by atoms with Crippen LogP contribution in [0.5, 0.6) is 0 Å². The summed E-state index contributed by atoms with van der Waals surface area (Å²) in [6.45, 7) is 4.49. The molecule has 2 rings (SSSR count). The average Bonchev–Trinajstić information content (AvgIpc) is 2.50. The molecule has 0 unspecified atom stereocenters. The largest absolute Gasteiger partial charge is 0.381 e. The van der Waals surface area contributed by atoms with E-state index < -0.39 is 0 Å². The molecule has 0 bridgehead atoms. The zero-order valence-electron chi connectivity index (χ0n) is 12.3. The molecule has 0 atom stereocenters. The third-order valence-electron chi connectivity index (χ3n) is 3.68. The molecule has 0 spiro atoms. The fourth-order valence-electron chi connectivity index (χ4n) is 2.60. The number of piperidine rings is 1. The van der Waals surface area contributed by atoms with Crippen molar-refractivity contribution in [1.82, 2.24) is 4.90 Å². The van der Waals surface area contributed by atoms with Crippen LogP contribution in [0.4, 0.5) is 5.69 Å². The highest BCUT2D eigenvalue weighted by Gasteiger charge is 2.20. The van der Waals surface area contributed by atoms with Gasteiger partial charge in [0.25, 0.3) is 0 Å². The molecule has 110 valence electrons. The van der Waals surface area contributed by atoms with Gasteiger partial charge in [0.05, 0.1) is 23.9 Å². The highest BCUT2D eigenvalue weighted by atomic mass is 32.2. The quantitative estimate of drug-likeness (QED) is 0.669. The second kappa shape index (κ2) is 7.93. The number of nitrogens with zero attached hydrogens (tertiary/aromatic N) is 3. The monoisotopic (exact) mass is 300 g/mol. The Kier molecular flexibility index (Phi) is 5.92. The molecule has 21 heavy (non-hydrogen) atoms. The molecule has 1 aromatic carbocycles. The summed E-state index contributed by atoms with van der Waals surface area (Å²) in [5.41, 5.74) is 1.69. The van der Waals surface area contributed by atoms with Crippen molar-refractivity contribution in [2.24, 2.45) is 0 Å². The Morgan fingerprint density at radius 1 is 1.33 bits per heavy atom. The fraction of sp³-hybridized carbons (Fsp3) is 0.500. The third-order valence-corrected chi connectivity index (χ3v) is 4.62. The van der Waals surface area contributed by atoms with Gasteiger partial charge >= 0.3 is 0 Å². The molecule has 5 heteroatoms. The molecule has 0 amide bonds. The zero-order chi connectivity index (χ0) is 15.1. The van der Waals surface area contributed by atoms with Gasteiger partial charge in [0.15, 0.2) is 0 Å². The van der Waals surface area contributed by atoms with Crippen molar-refractivity contribution in [3.05, 3.63) is 23.8 Å². The van der Waals surface area contributed by atoms with Crippen LogP contribution in [0.2, 0.25) is 0 Å². The van der Waals surface area contributed by atoms with E-state index in [9.17, 15) is 5.26 Å². The highest BCUT2D eigenvalue weighted by molar-refractivity contribution is 7.99. The summed E-state index contributed by atoms with van der Waals surface area (Å²) in [7, 11) is 0. The van der Waals surface area contributed by atoms with Gasteiger partial charge in [-0.2, -0.15) is 10.5 Å². The van der Waals surface area contributed by atoms with Gasteiger partial charge in [-0.05, 0) is 30.7 Å². The van der Waals surface area contributed by atoms with Crippen LogP contribution in [-0.4, -0.2) is 36.3 Å². The van der Waals surface area contributed by atoms with Crippen LogP contribution in [0, 0.1) is 22.7 Å². The van der Waals surface area contributed by atoms with Crippen LogP contribution in [-0.2, 0) is 0 Å². The summed E-state index contributed by atoms with van der Waals surface area (Å²) < 4.78 is 0. The van der Waals surface area contributed by atoms with E-state index in [2.05, 4.69) is 29.3 Å². The molecular weight excluding hydrogens is 280 g/mol. The Hall–Kier alpha value is -1.69. The number of rotatable bonds is 5. The lowest BCUT2D eigenvalue weighted by Gasteiger charge is -2.31. The molecule has 1 heterocycles. The molecule has 1 aromatic rings. The van der Waals surface area contributed by atoms with Crippen molar-refractivity contribution in [2.45, 2.75) is 30.7 Å². The normalized spacial score (nSPS) is 16.1. The fourth-order valence-corrected chi connectivity index (χ4v) is 3.38. The molecule has 1 aliphatic rings. The van der Waals surface area contributed by atoms with Gasteiger partial charge in [-0.15, -0.1) is 11.8 Å². The zero-order valence-corrected chi connectivity index (χ0v) is 13.1. The van der Waals surface area contributed by atoms with E-state index in [1.165, 1.54) is 0 Å². The summed E-state index contributed by atoms with van der Waals surface area (Å²) in [4.78, 5) is 3.22. The Labute approximate surface area is 130 Å². The van der Waals surface area contributed by atoms with Gasteiger partial charge in [-0.3, -0.25) is 4.90 Å². The number of benzene rings is 1. The maximum atomic E-state index is 9.42. The highest BCUT2D eigenvalue weighted by Crippen LogP contribution is 2.29. The first-order chi connectivity index (χ1) is 10.3. The summed E-state index contributed by atoms with van der Waals surface area (Å²) in [5.74, 6) is 0.963. The van der Waals surface area contributed by atoms with Gasteiger partial charge in [0.2, 0.25) is 0 Å². The van der Waals surface area contributed by atoms with Crippen LogP contribution >= 0.6 is 11.8 Å². The Morgan fingerprint density at radius 3 is 2.71 bits per heavy atom. The standard InChI is InChI=1S/C16H20N4S/c1-2-21-16-5-3-4-15(14(16)12-18)19-13-6-9-20(10-7-13)11-8-17/h3-5,13,19H,2,6-7,9-11H2,1H3. The van der Waals surface area contributed by atoms with Crippen molar-refractivity contribution in [2.75, 3.05) is 30.7 Å². The van der Waals surface area contributed by atoms with E-state index in [4.69, 9.17) is 5.26 Å². The van der Waals surface area contributed by atoms with Crippen molar-refractivity contribution in [3.63, 3.8) is 0 Å². The minimum atomic E-state index is 0.383. The number of thioether (sulfide) groups is 1. The van der Waals surface area contributed by atoms with E-state index >= 15 is 0 Å². The third kappa shape index (κ3) is 4.14. The van der Waals surface area contributed by atoms with E-state index in [0.29, 0.717) is 12.6 Å². The van der Waals surface area contributed by atoms with Crippen LogP contribution in [0.3, 0.4) is 0 Å². The second-order valence-corrected chi connectivity index (χ2v) is 6.38. The molecule has 1 saturated heterocycles. The van der Waals surface area contributed by atoms with E-state index in [1.807, 2.05) is 18.2 Å². The second-order valence-electron chi connectivity index (χ2n) is 5.08. The summed E-state index contributed by atoms with van der Waals surface area (Å²) in [6, 6.07) is 10.9. The Bertz CT molecular complexity index is 550. The number of likely N-dealkylation sites (tertiary alicyclic amines) is 1. The first kappa shape index (κ1) is 15.7. The molecule has 0 radical (unpaired) electrons. The van der Waals surface area contributed by atoms with Gasteiger partial charge < -0.3 is 5.32 Å². The van der Waals surface area contributed by atoms with Crippen LogP contribution < -0.4 is 5.32 Å². The van der Waals surface area contributed by atoms with Crippen molar-refractivity contribution >= 4 is 17.4 Å². The van der Waals surface area contributed by atoms with Crippen molar-refractivity contribution in [3.8, 4) is 12.1 Å². The SMILES string of the molecule is CCSc1cccc(NC2CCN(CC#N)CC2)c1C#N. The lowest BCUT2D eigenvalue weighted by atomic mass is 10.0. The number of nitriles is 2. The number of nitrogens with one attached hydrogen (secondary N) is 1. The maximum absolute atomic E-state index is 9.42. The minimum Gasteiger partial charge on any atom is -0.381 e. The lowest BCUT2D eigenvalue weighted by Crippen LogP contribution is -2.39. The summed E-state index contributed by atoms with van der Waals surface area (Å²) in [5, 5.41) is 21.7. The number of anilines is 1. The van der Waals surface area contributed by atoms with E-state index in [0.717, 1.165) is 47.8 Å². The molecule has 4 nitrogen and oxygen atoms in total. The van der Waals surface area contributed by atoms with Crippen LogP contribution in [0.25, 0.3) is 0 Å². The lowest BCUT2D eigenvalue weighted by molar-refractivity contribution is 0.242. The summed E-state index contributed by atoms with van der Waals surface area (Å²) >= 11 is 1.70. The Morgan fingerprint density at radius 2 is 2.10 bits per heavy atom. The first-order valence-corrected chi connectivity index (χ1v) is 8.28. The maximum Gasteiger partial charge on any atom is 0.102 e. The van der Waals surface area contributed by atoms with Crippen LogP contribution in [0.15, 0.2) is 23.1 Å². The first-order valence-electron chi connectivity index (χ1n) is 7.30. The topological polar surface area (TPSA) is 62.9 Å². The number of hydrogen-bond acceptors (Lipinski definition) is 5. The van der Waals surface area contributed by atoms with Crippen LogP contribution in [0.1, 0.15) is 25.3 Å².